The van der Waals surface area contributed by atoms with Crippen LogP contribution in [0.2, 0.25) is 0 Å². The van der Waals surface area contributed by atoms with Crippen molar-refractivity contribution in [3.05, 3.63) is 37.4 Å². The largest absolute Gasteiger partial charge is 1.00 e. The Morgan fingerprint density at radius 3 is 1.00 bits per heavy atom. The van der Waals surface area contributed by atoms with E-state index in [4.69, 9.17) is 0 Å². The van der Waals surface area contributed by atoms with Gasteiger partial charge in [0, 0.05) is 11.5 Å². The van der Waals surface area contributed by atoms with Crippen molar-refractivity contribution in [3.8, 4) is 0 Å². The van der Waals surface area contributed by atoms with Crippen LogP contribution in [0.3, 0.4) is 0 Å². The van der Waals surface area contributed by atoms with Gasteiger partial charge in [-0.05, 0) is 43.6 Å². The third-order valence-electron chi connectivity index (χ3n) is 10.4. The van der Waals surface area contributed by atoms with E-state index in [1.54, 1.807) is 0 Å². The van der Waals surface area contributed by atoms with Gasteiger partial charge in [0.15, 0.2) is 0 Å². The van der Waals surface area contributed by atoms with Gasteiger partial charge >= 0.3 is 0 Å². The smallest absolute Gasteiger partial charge is 0.243 e. The number of imidazole rings is 2. The summed E-state index contributed by atoms with van der Waals surface area (Å²) in [6.45, 7) is 4.62. The zero-order valence-electron chi connectivity index (χ0n) is 33.9. The molecule has 0 aromatic carbocycles. The van der Waals surface area contributed by atoms with Crippen LogP contribution in [-0.2, 0) is 14.1 Å². The molecule has 8 heteroatoms. The molecule has 0 amide bonds. The summed E-state index contributed by atoms with van der Waals surface area (Å²) in [7, 11) is 4.31. The maximum absolute atomic E-state index is 2.48. The normalized spacial score (nSPS) is 12.5. The summed E-state index contributed by atoms with van der Waals surface area (Å²) in [5, 5.41) is 0. The third kappa shape index (κ3) is 28.2. The average Bonchev–Trinajstić information content (AvgIpc) is 3.74. The van der Waals surface area contributed by atoms with Crippen molar-refractivity contribution in [2.75, 3.05) is 23.0 Å². The Labute approximate surface area is 347 Å². The number of hydrogen-bond acceptors (Lipinski definition) is 2. The molecule has 0 fully saturated rings. The number of nitrogens with zero attached hydrogens (tertiary/aromatic N) is 4. The predicted molar refractivity (Wildman–Crippen MR) is 220 cm³/mol. The lowest BCUT2D eigenvalue weighted by molar-refractivity contribution is -0.671. The highest BCUT2D eigenvalue weighted by Crippen LogP contribution is 2.25. The number of aromatic nitrogens is 4. The van der Waals surface area contributed by atoms with Gasteiger partial charge in [0.05, 0.1) is 14.1 Å². The number of rotatable bonds is 36. The van der Waals surface area contributed by atoms with Crippen molar-refractivity contribution < 1.29 is 43.1 Å². The van der Waals surface area contributed by atoms with E-state index in [-0.39, 0.29) is 34.0 Å². The van der Waals surface area contributed by atoms with Gasteiger partial charge in [-0.15, -0.1) is 0 Å². The third-order valence-corrected chi connectivity index (χ3v) is 12.8. The molecule has 2 atom stereocenters. The molecule has 2 aromatic rings. The summed E-state index contributed by atoms with van der Waals surface area (Å²) >= 11 is 4.37. The van der Waals surface area contributed by atoms with E-state index in [0.29, 0.717) is 12.1 Å². The molecule has 4 nitrogen and oxygen atoms in total. The fourth-order valence-corrected chi connectivity index (χ4v) is 9.59. The SMILES string of the molecule is CCCCCCCCCCCCCCC(CSCCCSCC(CCCCCCCCCCCCCC)n1cc[n+](C)c1)n1cc[n+](C)c1.[Br-].[Br-]. The van der Waals surface area contributed by atoms with Gasteiger partial charge < -0.3 is 34.0 Å². The summed E-state index contributed by atoms with van der Waals surface area (Å²) in [6, 6.07) is 1.27. The standard InChI is InChI=1S/C43H82N4S2.2BrH/c1-5-7-9-11-13-15-17-19-21-23-25-27-30-42(46-34-32-44(3)40-46)38-48-36-29-37-49-39-43(47-35-33-45(4)41-47)31-28-26-24-22-20-18-16-14-12-10-8-6-2;;/h32-35,40-43H,5-31,36-39H2,1-4H3;2*1H/q+2;;/p-2. The zero-order chi connectivity index (χ0) is 35.0. The highest BCUT2D eigenvalue weighted by Gasteiger charge is 2.18. The topological polar surface area (TPSA) is 17.6 Å². The van der Waals surface area contributed by atoms with Crippen molar-refractivity contribution in [2.24, 2.45) is 14.1 Å². The Kier molecular flexibility index (Phi) is 37.1. The molecular formula is C43H82Br2N4S2. The Morgan fingerprint density at radius 1 is 0.431 bits per heavy atom. The van der Waals surface area contributed by atoms with Crippen molar-refractivity contribution in [2.45, 2.75) is 199 Å². The lowest BCUT2D eigenvalue weighted by Crippen LogP contribution is -3.00. The summed E-state index contributed by atoms with van der Waals surface area (Å²) in [6.07, 6.45) is 51.8. The minimum atomic E-state index is 0. The molecule has 0 aliphatic heterocycles. The number of halogens is 2. The Balaban J connectivity index is 0.0000125. The fourth-order valence-electron chi connectivity index (χ4n) is 7.15. The average molecular weight is 879 g/mol. The molecule has 2 unspecified atom stereocenters. The van der Waals surface area contributed by atoms with E-state index >= 15 is 0 Å². The van der Waals surface area contributed by atoms with Crippen LogP contribution in [0.1, 0.15) is 199 Å². The molecule has 0 spiro atoms. The first-order valence-corrected chi connectivity index (χ1v) is 23.7. The Hall–Kier alpha value is 0.0800. The van der Waals surface area contributed by atoms with Gasteiger partial charge in [-0.1, -0.05) is 155 Å². The Bertz CT molecular complexity index is 909. The maximum Gasteiger partial charge on any atom is 0.243 e. The summed E-state index contributed by atoms with van der Waals surface area (Å²) in [5.74, 6) is 5.08. The molecule has 0 radical (unpaired) electrons. The van der Waals surface area contributed by atoms with Gasteiger partial charge in [-0.3, -0.25) is 0 Å². The van der Waals surface area contributed by atoms with Gasteiger partial charge in [0.2, 0.25) is 12.7 Å². The predicted octanol–water partition coefficient (Wildman–Crippen LogP) is 6.77. The second-order valence-electron chi connectivity index (χ2n) is 15.2. The minimum absolute atomic E-state index is 0. The molecule has 0 saturated heterocycles. The molecule has 0 saturated carbocycles. The molecule has 0 N–H and O–H groups in total. The van der Waals surface area contributed by atoms with Crippen molar-refractivity contribution in [1.29, 1.82) is 0 Å². The first kappa shape index (κ1) is 51.1. The lowest BCUT2D eigenvalue weighted by atomic mass is 10.0. The minimum Gasteiger partial charge on any atom is -1.00 e. The first-order chi connectivity index (χ1) is 24.1. The molecule has 2 aromatic heterocycles. The Morgan fingerprint density at radius 2 is 0.725 bits per heavy atom. The molecular weight excluding hydrogens is 796 g/mol. The summed E-state index contributed by atoms with van der Waals surface area (Å²) in [4.78, 5) is 0. The molecule has 0 aliphatic rings. The van der Waals surface area contributed by atoms with Crippen molar-refractivity contribution >= 4 is 23.5 Å². The lowest BCUT2D eigenvalue weighted by Gasteiger charge is -2.15. The molecule has 0 bridgehead atoms. The van der Waals surface area contributed by atoms with Crippen LogP contribution in [0.5, 0.6) is 0 Å². The second kappa shape index (κ2) is 37.0. The van der Waals surface area contributed by atoms with Gasteiger partial charge in [-0.25, -0.2) is 18.3 Å². The van der Waals surface area contributed by atoms with Crippen LogP contribution < -0.4 is 43.1 Å². The van der Waals surface area contributed by atoms with Crippen LogP contribution in [-0.4, -0.2) is 32.1 Å². The number of hydrogen-bond donors (Lipinski definition) is 0. The molecule has 300 valence electrons. The highest BCUT2D eigenvalue weighted by atomic mass is 79.9. The summed E-state index contributed by atoms with van der Waals surface area (Å²) in [5.41, 5.74) is 0. The van der Waals surface area contributed by atoms with Crippen molar-refractivity contribution in [3.63, 3.8) is 0 Å². The van der Waals surface area contributed by atoms with Crippen LogP contribution in [0.4, 0.5) is 0 Å². The summed E-state index contributed by atoms with van der Waals surface area (Å²) < 4.78 is 9.37. The van der Waals surface area contributed by atoms with E-state index in [1.807, 2.05) is 0 Å². The second-order valence-corrected chi connectivity index (χ2v) is 17.5. The van der Waals surface area contributed by atoms with E-state index in [9.17, 15) is 0 Å². The molecule has 2 heterocycles. The number of unbranched alkanes of at least 4 members (excludes halogenated alkanes) is 22. The van der Waals surface area contributed by atoms with Crippen molar-refractivity contribution in [1.82, 2.24) is 9.13 Å². The fraction of sp³-hybridized carbons (Fsp3) is 0.860. The van der Waals surface area contributed by atoms with Crippen LogP contribution in [0, 0.1) is 0 Å². The van der Waals surface area contributed by atoms with Crippen LogP contribution in [0.15, 0.2) is 37.4 Å². The number of thioether (sulfide) groups is 2. The zero-order valence-corrected chi connectivity index (χ0v) is 38.7. The van der Waals surface area contributed by atoms with Gasteiger partial charge in [-0.2, -0.15) is 23.5 Å². The van der Waals surface area contributed by atoms with Gasteiger partial charge in [0.25, 0.3) is 0 Å². The van der Waals surface area contributed by atoms with E-state index in [2.05, 4.69) is 107 Å². The first-order valence-electron chi connectivity index (χ1n) is 21.3. The highest BCUT2D eigenvalue weighted by molar-refractivity contribution is 8.00. The maximum atomic E-state index is 2.48. The molecule has 0 aliphatic carbocycles. The monoisotopic (exact) mass is 876 g/mol. The quantitative estimate of drug-likeness (QED) is 0.0557. The van der Waals surface area contributed by atoms with E-state index < -0.39 is 0 Å². The van der Waals surface area contributed by atoms with Crippen LogP contribution in [0.25, 0.3) is 0 Å². The molecule has 2 rings (SSSR count). The number of aryl methyl sites for hydroxylation is 2. The van der Waals surface area contributed by atoms with Crippen LogP contribution >= 0.6 is 23.5 Å². The van der Waals surface area contributed by atoms with E-state index in [0.717, 1.165) is 0 Å². The van der Waals surface area contributed by atoms with Gasteiger partial charge in [0.1, 0.15) is 36.9 Å². The molecule has 51 heavy (non-hydrogen) atoms. The van der Waals surface area contributed by atoms with E-state index in [1.165, 1.54) is 196 Å².